The van der Waals surface area contributed by atoms with Crippen molar-refractivity contribution in [2.75, 3.05) is 11.8 Å². The van der Waals surface area contributed by atoms with Crippen molar-refractivity contribution in [3.05, 3.63) is 44.3 Å². The van der Waals surface area contributed by atoms with Crippen LogP contribution in [-0.2, 0) is 14.8 Å². The molecule has 0 fully saturated rings. The summed E-state index contributed by atoms with van der Waals surface area (Å²) < 4.78 is 31.9. The summed E-state index contributed by atoms with van der Waals surface area (Å²) in [5.41, 5.74) is -0.701. The SMILES string of the molecule is COC(=O)c1cc(Cl)cc(NS(=O)(=O)c2cc(Br)cc(Cl)c2O)c1O. The molecule has 0 saturated carbocycles. The summed E-state index contributed by atoms with van der Waals surface area (Å²) in [6, 6.07) is 4.64. The Morgan fingerprint density at radius 1 is 1.16 bits per heavy atom. The third kappa shape index (κ3) is 4.12. The number of nitrogens with one attached hydrogen (secondary N) is 1. The van der Waals surface area contributed by atoms with Crippen LogP contribution >= 0.6 is 39.1 Å². The van der Waals surface area contributed by atoms with Gasteiger partial charge in [-0.3, -0.25) is 4.72 Å². The lowest BCUT2D eigenvalue weighted by Gasteiger charge is -2.14. The molecule has 2 aromatic rings. The number of halogens is 3. The first-order valence-electron chi connectivity index (χ1n) is 6.38. The quantitative estimate of drug-likeness (QED) is 0.463. The minimum atomic E-state index is -4.36. The number of esters is 1. The van der Waals surface area contributed by atoms with Crippen LogP contribution in [0.1, 0.15) is 10.4 Å². The summed E-state index contributed by atoms with van der Waals surface area (Å²) in [5, 5.41) is 19.8. The van der Waals surface area contributed by atoms with Gasteiger partial charge in [0.25, 0.3) is 10.0 Å². The number of anilines is 1. The van der Waals surface area contributed by atoms with Gasteiger partial charge in [0.15, 0.2) is 11.5 Å². The molecule has 0 aliphatic heterocycles. The average Bonchev–Trinajstić information content (AvgIpc) is 2.52. The smallest absolute Gasteiger partial charge is 0.341 e. The molecule has 3 N–H and O–H groups in total. The summed E-state index contributed by atoms with van der Waals surface area (Å²) in [6.45, 7) is 0. The van der Waals surface area contributed by atoms with Crippen LogP contribution in [-0.4, -0.2) is 31.7 Å². The summed E-state index contributed by atoms with van der Waals surface area (Å²) in [5.74, 6) is -2.26. The van der Waals surface area contributed by atoms with E-state index in [1.165, 1.54) is 6.07 Å². The van der Waals surface area contributed by atoms with E-state index in [1.807, 2.05) is 4.72 Å². The number of phenolic OH excluding ortho intramolecular Hbond substituents is 2. The monoisotopic (exact) mass is 469 g/mol. The number of carbonyl (C=O) groups excluding carboxylic acids is 1. The Balaban J connectivity index is 2.56. The van der Waals surface area contributed by atoms with Crippen LogP contribution in [0, 0.1) is 0 Å². The predicted molar refractivity (Wildman–Crippen MR) is 96.1 cm³/mol. The predicted octanol–water partition coefficient (Wildman–Crippen LogP) is 3.75. The van der Waals surface area contributed by atoms with Crippen LogP contribution in [0.4, 0.5) is 5.69 Å². The van der Waals surface area contributed by atoms with Gasteiger partial charge in [-0.25, -0.2) is 13.2 Å². The molecule has 0 bridgehead atoms. The van der Waals surface area contributed by atoms with Gasteiger partial charge < -0.3 is 14.9 Å². The zero-order chi connectivity index (χ0) is 18.9. The maximum absolute atomic E-state index is 12.5. The maximum atomic E-state index is 12.5. The standard InChI is InChI=1S/C14H10BrCl2NO6S/c1-24-14(21)8-4-7(16)5-10(12(8)19)18-25(22,23)11-3-6(15)2-9(17)13(11)20/h2-5,18-20H,1H3. The fourth-order valence-corrected chi connectivity index (χ4v) is 4.33. The van der Waals surface area contributed by atoms with E-state index in [-0.39, 0.29) is 21.3 Å². The van der Waals surface area contributed by atoms with Crippen LogP contribution in [0.2, 0.25) is 10.0 Å². The number of methoxy groups -OCH3 is 1. The Kier molecular flexibility index (Phi) is 5.72. The Bertz CT molecular complexity index is 964. The highest BCUT2D eigenvalue weighted by molar-refractivity contribution is 9.10. The molecule has 0 radical (unpaired) electrons. The highest BCUT2D eigenvalue weighted by atomic mass is 79.9. The van der Waals surface area contributed by atoms with Crippen LogP contribution < -0.4 is 4.72 Å². The van der Waals surface area contributed by atoms with Gasteiger partial charge in [0.1, 0.15) is 10.5 Å². The van der Waals surface area contributed by atoms with Gasteiger partial charge in [-0.05, 0) is 24.3 Å². The van der Waals surface area contributed by atoms with Crippen molar-refractivity contribution in [2.45, 2.75) is 4.90 Å². The van der Waals surface area contributed by atoms with Gasteiger partial charge in [0.2, 0.25) is 0 Å². The van der Waals surface area contributed by atoms with Gasteiger partial charge in [0.05, 0.1) is 17.8 Å². The molecular weight excluding hydrogens is 461 g/mol. The van der Waals surface area contributed by atoms with E-state index >= 15 is 0 Å². The fraction of sp³-hybridized carbons (Fsp3) is 0.0714. The Morgan fingerprint density at radius 3 is 2.40 bits per heavy atom. The largest absolute Gasteiger partial charge is 0.505 e. The molecule has 134 valence electrons. The molecule has 0 heterocycles. The number of carbonyl (C=O) groups is 1. The number of ether oxygens (including phenoxy) is 1. The van der Waals surface area contributed by atoms with Gasteiger partial charge in [-0.2, -0.15) is 0 Å². The Labute approximate surface area is 161 Å². The van der Waals surface area contributed by atoms with E-state index in [0.717, 1.165) is 25.3 Å². The van der Waals surface area contributed by atoms with Gasteiger partial charge >= 0.3 is 5.97 Å². The molecule has 25 heavy (non-hydrogen) atoms. The molecule has 0 saturated heterocycles. The van der Waals surface area contributed by atoms with Gasteiger partial charge in [0, 0.05) is 9.50 Å². The lowest BCUT2D eigenvalue weighted by molar-refractivity contribution is 0.0597. The summed E-state index contributed by atoms with van der Waals surface area (Å²) >= 11 is 14.7. The molecule has 0 amide bonds. The van der Waals surface area contributed by atoms with E-state index in [0.29, 0.717) is 4.47 Å². The maximum Gasteiger partial charge on any atom is 0.341 e. The zero-order valence-electron chi connectivity index (χ0n) is 12.4. The summed E-state index contributed by atoms with van der Waals surface area (Å²) in [6.07, 6.45) is 0. The molecule has 0 spiro atoms. The minimum absolute atomic E-state index is 0.0209. The molecule has 7 nitrogen and oxygen atoms in total. The van der Waals surface area contributed by atoms with Crippen molar-refractivity contribution in [1.82, 2.24) is 0 Å². The van der Waals surface area contributed by atoms with Crippen molar-refractivity contribution in [3.8, 4) is 11.5 Å². The molecule has 2 aromatic carbocycles. The normalized spacial score (nSPS) is 11.2. The Hall–Kier alpha value is -1.68. The van der Waals surface area contributed by atoms with Crippen LogP contribution in [0.5, 0.6) is 11.5 Å². The van der Waals surface area contributed by atoms with Gasteiger partial charge in [-0.1, -0.05) is 39.1 Å². The number of sulfonamides is 1. The van der Waals surface area contributed by atoms with E-state index in [1.54, 1.807) is 0 Å². The number of benzene rings is 2. The first-order chi connectivity index (χ1) is 11.6. The first kappa shape index (κ1) is 19.6. The topological polar surface area (TPSA) is 113 Å². The molecule has 0 unspecified atom stereocenters. The highest BCUT2D eigenvalue weighted by Crippen LogP contribution is 2.38. The number of aromatic hydroxyl groups is 2. The van der Waals surface area contributed by atoms with Crippen LogP contribution in [0.3, 0.4) is 0 Å². The summed E-state index contributed by atoms with van der Waals surface area (Å²) in [4.78, 5) is 11.1. The number of hydrogen-bond donors (Lipinski definition) is 3. The van der Waals surface area contributed by atoms with E-state index in [2.05, 4.69) is 20.7 Å². The lowest BCUT2D eigenvalue weighted by atomic mass is 10.2. The van der Waals surface area contributed by atoms with Crippen molar-refractivity contribution >= 4 is 60.8 Å². The van der Waals surface area contributed by atoms with Crippen molar-refractivity contribution in [1.29, 1.82) is 0 Å². The second-order valence-electron chi connectivity index (χ2n) is 4.68. The second kappa shape index (κ2) is 7.28. The van der Waals surface area contributed by atoms with Crippen LogP contribution in [0.15, 0.2) is 33.6 Å². The number of hydrogen-bond acceptors (Lipinski definition) is 6. The minimum Gasteiger partial charge on any atom is -0.505 e. The van der Waals surface area contributed by atoms with Crippen molar-refractivity contribution in [3.63, 3.8) is 0 Å². The molecule has 0 aliphatic carbocycles. The third-order valence-corrected chi connectivity index (χ3v) is 5.35. The lowest BCUT2D eigenvalue weighted by Crippen LogP contribution is -2.14. The zero-order valence-corrected chi connectivity index (χ0v) is 16.3. The molecular formula is C14H10BrCl2NO6S. The van der Waals surface area contributed by atoms with E-state index in [4.69, 9.17) is 23.2 Å². The molecule has 0 aliphatic rings. The molecule has 0 aromatic heterocycles. The van der Waals surface area contributed by atoms with E-state index in [9.17, 15) is 23.4 Å². The first-order valence-corrected chi connectivity index (χ1v) is 9.41. The molecule has 2 rings (SSSR count). The van der Waals surface area contributed by atoms with Gasteiger partial charge in [-0.15, -0.1) is 0 Å². The average molecular weight is 471 g/mol. The van der Waals surface area contributed by atoms with Crippen molar-refractivity contribution < 1.29 is 28.2 Å². The summed E-state index contributed by atoms with van der Waals surface area (Å²) in [7, 11) is -3.27. The van der Waals surface area contributed by atoms with Crippen molar-refractivity contribution in [2.24, 2.45) is 0 Å². The molecule has 0 atom stereocenters. The third-order valence-electron chi connectivity index (χ3n) is 3.01. The van der Waals surface area contributed by atoms with Crippen LogP contribution in [0.25, 0.3) is 0 Å². The Morgan fingerprint density at radius 2 is 1.80 bits per heavy atom. The fourth-order valence-electron chi connectivity index (χ4n) is 1.89. The second-order valence-corrected chi connectivity index (χ2v) is 8.09. The van der Waals surface area contributed by atoms with E-state index < -0.39 is 32.4 Å². The number of rotatable bonds is 4. The number of phenols is 2. The highest BCUT2D eigenvalue weighted by Gasteiger charge is 2.25. The molecule has 11 heteroatoms.